The van der Waals surface area contributed by atoms with Crippen LogP contribution in [0.25, 0.3) is 11.0 Å². The van der Waals surface area contributed by atoms with Gasteiger partial charge in [0.2, 0.25) is 11.8 Å². The van der Waals surface area contributed by atoms with Crippen LogP contribution < -0.4 is 5.43 Å². The Kier molecular flexibility index (Phi) is 9.18. The van der Waals surface area contributed by atoms with E-state index in [1.165, 1.54) is 23.3 Å². The Morgan fingerprint density at radius 1 is 0.971 bits per heavy atom. The first-order valence-electron chi connectivity index (χ1n) is 12.1. The number of hydrogen-bond acceptors (Lipinski definition) is 4. The maximum absolute atomic E-state index is 13.5. The molecule has 0 atom stereocenters. The van der Waals surface area contributed by atoms with E-state index < -0.39 is 0 Å². The molecule has 0 aliphatic carbocycles. The van der Waals surface area contributed by atoms with Gasteiger partial charge in [-0.3, -0.25) is 14.4 Å². The average Bonchev–Trinajstić information content (AvgIpc) is 2.84. The summed E-state index contributed by atoms with van der Waals surface area (Å²) >= 11 is 0. The van der Waals surface area contributed by atoms with Crippen molar-refractivity contribution in [3.8, 4) is 0 Å². The fourth-order valence-corrected chi connectivity index (χ4v) is 3.82. The van der Waals surface area contributed by atoms with E-state index in [9.17, 15) is 18.8 Å². The maximum atomic E-state index is 13.5. The highest BCUT2D eigenvalue weighted by atomic mass is 19.1. The van der Waals surface area contributed by atoms with Gasteiger partial charge >= 0.3 is 0 Å². The van der Waals surface area contributed by atoms with Gasteiger partial charge in [0.25, 0.3) is 0 Å². The lowest BCUT2D eigenvalue weighted by atomic mass is 10.1. The highest BCUT2D eigenvalue weighted by Gasteiger charge is 2.23. The number of para-hydroxylation sites is 1. The fraction of sp³-hybridized carbons (Fsp3) is 0.393. The van der Waals surface area contributed by atoms with Gasteiger partial charge in [-0.25, -0.2) is 4.39 Å². The Morgan fingerprint density at radius 3 is 2.37 bits per heavy atom. The summed E-state index contributed by atoms with van der Waals surface area (Å²) in [5.41, 5.74) is 1.33. The topological polar surface area (TPSA) is 70.8 Å². The molecule has 0 fully saturated rings. The number of rotatable bonds is 11. The van der Waals surface area contributed by atoms with Gasteiger partial charge in [0.15, 0.2) is 5.43 Å². The summed E-state index contributed by atoms with van der Waals surface area (Å²) in [6.45, 7) is 6.68. The second-order valence-corrected chi connectivity index (χ2v) is 9.21. The van der Waals surface area contributed by atoms with Gasteiger partial charge in [-0.15, -0.1) is 0 Å². The van der Waals surface area contributed by atoms with Crippen LogP contribution in [-0.4, -0.2) is 34.7 Å². The minimum Gasteiger partial charge on any atom is -0.464 e. The number of hydrogen-bond donors (Lipinski definition) is 0. The van der Waals surface area contributed by atoms with Crippen LogP contribution in [0.15, 0.2) is 64.0 Å². The molecule has 0 N–H and O–H groups in total. The zero-order valence-corrected chi connectivity index (χ0v) is 20.6. The third kappa shape index (κ3) is 7.25. The summed E-state index contributed by atoms with van der Waals surface area (Å²) in [7, 11) is 0. The van der Waals surface area contributed by atoms with Crippen LogP contribution >= 0.6 is 0 Å². The van der Waals surface area contributed by atoms with E-state index in [0.29, 0.717) is 41.8 Å². The van der Waals surface area contributed by atoms with Crippen LogP contribution in [0.1, 0.15) is 51.2 Å². The predicted molar refractivity (Wildman–Crippen MR) is 134 cm³/mol. The summed E-state index contributed by atoms with van der Waals surface area (Å²) in [5, 5.41) is 0.441. The molecule has 2 amide bonds. The number of nitrogens with zero attached hydrogens (tertiary/aromatic N) is 2. The Hall–Kier alpha value is -3.48. The van der Waals surface area contributed by atoms with Crippen molar-refractivity contribution in [3.05, 3.63) is 82.0 Å². The molecule has 0 saturated heterocycles. The molecule has 0 unspecified atom stereocenters. The molecule has 35 heavy (non-hydrogen) atoms. The average molecular weight is 481 g/mol. The van der Waals surface area contributed by atoms with Crippen molar-refractivity contribution in [2.24, 2.45) is 5.92 Å². The van der Waals surface area contributed by atoms with E-state index in [1.54, 1.807) is 41.3 Å². The minimum atomic E-state index is -0.369. The van der Waals surface area contributed by atoms with Crippen LogP contribution in [0.2, 0.25) is 0 Å². The largest absolute Gasteiger partial charge is 0.464 e. The fourth-order valence-electron chi connectivity index (χ4n) is 3.82. The van der Waals surface area contributed by atoms with Gasteiger partial charge in [0.05, 0.1) is 30.3 Å². The standard InChI is InChI=1S/C28H33FN2O4/c1-4-7-26(32)30(15-14-20(2)3)18-27(33)31(16-21-10-12-23(29)13-11-21)17-22-19-35-25-9-6-5-8-24(25)28(22)34/h5-6,8-13,19-20H,4,7,14-18H2,1-3H3. The number of halogens is 1. The molecule has 6 nitrogen and oxygen atoms in total. The lowest BCUT2D eigenvalue weighted by Gasteiger charge is -2.28. The van der Waals surface area contributed by atoms with Gasteiger partial charge in [-0.2, -0.15) is 0 Å². The lowest BCUT2D eigenvalue weighted by Crippen LogP contribution is -2.43. The first-order chi connectivity index (χ1) is 16.8. The van der Waals surface area contributed by atoms with Gasteiger partial charge in [-0.05, 0) is 48.6 Å². The Bertz CT molecular complexity index is 1200. The van der Waals surface area contributed by atoms with Crippen LogP contribution in [0, 0.1) is 11.7 Å². The van der Waals surface area contributed by atoms with E-state index in [0.717, 1.165) is 12.0 Å². The Labute approximate surface area is 205 Å². The second-order valence-electron chi connectivity index (χ2n) is 9.21. The molecule has 0 spiro atoms. The number of amides is 2. The highest BCUT2D eigenvalue weighted by Crippen LogP contribution is 2.15. The molecule has 1 aromatic heterocycles. The predicted octanol–water partition coefficient (Wildman–Crippen LogP) is 5.14. The molecule has 0 radical (unpaired) electrons. The smallest absolute Gasteiger partial charge is 0.242 e. The van der Waals surface area contributed by atoms with Crippen LogP contribution in [-0.2, 0) is 22.7 Å². The van der Waals surface area contributed by atoms with Crippen molar-refractivity contribution in [3.63, 3.8) is 0 Å². The van der Waals surface area contributed by atoms with Crippen molar-refractivity contribution in [2.75, 3.05) is 13.1 Å². The number of carbonyl (C=O) groups is 2. The summed E-state index contributed by atoms with van der Waals surface area (Å²) in [4.78, 5) is 42.4. The van der Waals surface area contributed by atoms with Gasteiger partial charge < -0.3 is 14.2 Å². The Morgan fingerprint density at radius 2 is 1.69 bits per heavy atom. The molecule has 3 rings (SSSR count). The number of benzene rings is 2. The van der Waals surface area contributed by atoms with Gasteiger partial charge in [0.1, 0.15) is 11.4 Å². The zero-order chi connectivity index (χ0) is 25.4. The molecule has 1 heterocycles. The van der Waals surface area contributed by atoms with E-state index in [-0.39, 0.29) is 42.7 Å². The molecule has 3 aromatic rings. The molecular formula is C28H33FN2O4. The SMILES string of the molecule is CCCC(=O)N(CCC(C)C)CC(=O)N(Cc1ccc(F)cc1)Cc1coc2ccccc2c1=O. The molecule has 0 aliphatic heterocycles. The van der Waals surface area contributed by atoms with Crippen molar-refractivity contribution in [2.45, 2.75) is 53.1 Å². The summed E-state index contributed by atoms with van der Waals surface area (Å²) in [5.74, 6) is -0.324. The molecule has 0 aliphatic rings. The second kappa shape index (κ2) is 12.3. The highest BCUT2D eigenvalue weighted by molar-refractivity contribution is 5.85. The van der Waals surface area contributed by atoms with E-state index in [1.807, 2.05) is 6.92 Å². The van der Waals surface area contributed by atoms with Crippen molar-refractivity contribution in [1.82, 2.24) is 9.80 Å². The van der Waals surface area contributed by atoms with Gasteiger partial charge in [0, 0.05) is 19.5 Å². The van der Waals surface area contributed by atoms with Crippen LogP contribution in [0.4, 0.5) is 4.39 Å². The normalized spacial score (nSPS) is 11.1. The van der Waals surface area contributed by atoms with Gasteiger partial charge in [-0.1, -0.05) is 45.0 Å². The van der Waals surface area contributed by atoms with Crippen molar-refractivity contribution < 1.29 is 18.4 Å². The monoisotopic (exact) mass is 480 g/mol. The lowest BCUT2D eigenvalue weighted by molar-refractivity contribution is -0.141. The summed E-state index contributed by atoms with van der Waals surface area (Å²) < 4.78 is 19.1. The number of carbonyl (C=O) groups excluding carboxylic acids is 2. The molecule has 7 heteroatoms. The molecule has 186 valence electrons. The first kappa shape index (κ1) is 26.1. The van der Waals surface area contributed by atoms with E-state index in [2.05, 4.69) is 13.8 Å². The van der Waals surface area contributed by atoms with E-state index >= 15 is 0 Å². The third-order valence-corrected chi connectivity index (χ3v) is 5.87. The minimum absolute atomic E-state index is 0.0172. The van der Waals surface area contributed by atoms with E-state index in [4.69, 9.17) is 4.42 Å². The van der Waals surface area contributed by atoms with Crippen LogP contribution in [0.3, 0.4) is 0 Å². The van der Waals surface area contributed by atoms with Crippen molar-refractivity contribution >= 4 is 22.8 Å². The molecule has 2 aromatic carbocycles. The molecular weight excluding hydrogens is 447 g/mol. The third-order valence-electron chi connectivity index (χ3n) is 5.87. The van der Waals surface area contributed by atoms with Crippen molar-refractivity contribution in [1.29, 1.82) is 0 Å². The summed E-state index contributed by atoms with van der Waals surface area (Å²) in [6, 6.07) is 12.8. The van der Waals surface area contributed by atoms with Crippen LogP contribution in [0.5, 0.6) is 0 Å². The Balaban J connectivity index is 1.88. The number of fused-ring (bicyclic) bond motifs is 1. The molecule has 0 bridgehead atoms. The molecule has 0 saturated carbocycles. The summed E-state index contributed by atoms with van der Waals surface area (Å²) in [6.07, 6.45) is 3.24. The quantitative estimate of drug-likeness (QED) is 0.381. The maximum Gasteiger partial charge on any atom is 0.242 e. The first-order valence-corrected chi connectivity index (χ1v) is 12.1. The zero-order valence-electron chi connectivity index (χ0n) is 20.6.